The van der Waals surface area contributed by atoms with Gasteiger partial charge in [0.15, 0.2) is 0 Å². The van der Waals surface area contributed by atoms with Crippen LogP contribution < -0.4 is 15.2 Å². The first kappa shape index (κ1) is 12.9. The normalized spacial score (nSPS) is 11.3. The van der Waals surface area contributed by atoms with Crippen molar-refractivity contribution in [3.8, 4) is 0 Å². The van der Waals surface area contributed by atoms with Crippen molar-refractivity contribution >= 4 is 33.2 Å². The average molecular weight is 263 g/mol. The Morgan fingerprint density at radius 3 is 2.94 bits per heavy atom. The summed E-state index contributed by atoms with van der Waals surface area (Å²) in [5.74, 6) is 0.163. The summed E-state index contributed by atoms with van der Waals surface area (Å²) in [6.45, 7) is 2.21. The van der Waals surface area contributed by atoms with E-state index in [1.54, 1.807) is 0 Å². The van der Waals surface area contributed by atoms with Crippen LogP contribution in [0.3, 0.4) is 0 Å². The molecule has 0 aromatic carbocycles. The van der Waals surface area contributed by atoms with Gasteiger partial charge in [-0.3, -0.25) is 9.82 Å². The Hall–Kier alpha value is -1.19. The minimum atomic E-state index is -3.61. The highest BCUT2D eigenvalue weighted by Crippen LogP contribution is 2.11. The SMILES string of the molecule is CCCNS(=O)(=O)Nc1[nH]ncc1C(N)=S. The fourth-order valence-electron chi connectivity index (χ4n) is 0.958. The molecule has 0 spiro atoms. The third kappa shape index (κ3) is 3.43. The molecule has 0 aliphatic carbocycles. The lowest BCUT2D eigenvalue weighted by molar-refractivity contribution is 0.586. The number of hydrogen-bond donors (Lipinski definition) is 4. The molecule has 5 N–H and O–H groups in total. The van der Waals surface area contributed by atoms with Gasteiger partial charge < -0.3 is 5.73 Å². The van der Waals surface area contributed by atoms with Crippen LogP contribution in [0.4, 0.5) is 5.82 Å². The Morgan fingerprint density at radius 1 is 1.69 bits per heavy atom. The van der Waals surface area contributed by atoms with E-state index in [1.165, 1.54) is 6.20 Å². The van der Waals surface area contributed by atoms with Gasteiger partial charge in [0.1, 0.15) is 10.8 Å². The summed E-state index contributed by atoms with van der Waals surface area (Å²) in [6.07, 6.45) is 2.06. The molecule has 0 aliphatic heterocycles. The number of aromatic amines is 1. The van der Waals surface area contributed by atoms with Gasteiger partial charge in [-0.1, -0.05) is 19.1 Å². The molecule has 90 valence electrons. The van der Waals surface area contributed by atoms with Gasteiger partial charge in [-0.05, 0) is 6.42 Å². The summed E-state index contributed by atoms with van der Waals surface area (Å²) in [5, 5.41) is 6.13. The Morgan fingerprint density at radius 2 is 2.38 bits per heavy atom. The maximum Gasteiger partial charge on any atom is 0.300 e. The van der Waals surface area contributed by atoms with Crippen molar-refractivity contribution in [3.63, 3.8) is 0 Å². The van der Waals surface area contributed by atoms with Crippen LogP contribution in [0.25, 0.3) is 0 Å². The van der Waals surface area contributed by atoms with E-state index < -0.39 is 10.2 Å². The Kier molecular flexibility index (Phi) is 4.21. The molecule has 0 aliphatic rings. The maximum atomic E-state index is 11.5. The third-order valence-corrected chi connectivity index (χ3v) is 2.96. The number of nitrogens with two attached hydrogens (primary N) is 1. The zero-order valence-electron chi connectivity index (χ0n) is 8.65. The molecule has 0 bridgehead atoms. The molecule has 0 fully saturated rings. The lowest BCUT2D eigenvalue weighted by atomic mass is 10.3. The molecule has 16 heavy (non-hydrogen) atoms. The Labute approximate surface area is 99.0 Å². The van der Waals surface area contributed by atoms with Crippen molar-refractivity contribution < 1.29 is 8.42 Å². The summed E-state index contributed by atoms with van der Waals surface area (Å²) < 4.78 is 27.6. The van der Waals surface area contributed by atoms with Crippen molar-refractivity contribution in [2.45, 2.75) is 13.3 Å². The quantitative estimate of drug-likeness (QED) is 0.526. The number of thiocarbonyl (C=S) groups is 1. The van der Waals surface area contributed by atoms with Crippen LogP contribution in [0, 0.1) is 0 Å². The monoisotopic (exact) mass is 263 g/mol. The third-order valence-electron chi connectivity index (χ3n) is 1.68. The zero-order valence-corrected chi connectivity index (χ0v) is 10.3. The summed E-state index contributed by atoms with van der Waals surface area (Å²) in [4.78, 5) is 0.0712. The fourth-order valence-corrected chi connectivity index (χ4v) is 2.08. The van der Waals surface area contributed by atoms with E-state index in [0.717, 1.165) is 0 Å². The van der Waals surface area contributed by atoms with Crippen molar-refractivity contribution in [2.24, 2.45) is 5.73 Å². The van der Waals surface area contributed by atoms with E-state index in [2.05, 4.69) is 19.6 Å². The van der Waals surface area contributed by atoms with E-state index in [0.29, 0.717) is 18.5 Å². The molecule has 0 unspecified atom stereocenters. The Balaban J connectivity index is 2.80. The highest BCUT2D eigenvalue weighted by molar-refractivity contribution is 7.90. The average Bonchev–Trinajstić information content (AvgIpc) is 2.62. The first-order valence-corrected chi connectivity index (χ1v) is 6.46. The van der Waals surface area contributed by atoms with E-state index in [9.17, 15) is 8.42 Å². The van der Waals surface area contributed by atoms with Crippen LogP contribution in [0.15, 0.2) is 6.20 Å². The molecule has 0 saturated carbocycles. The molecule has 0 atom stereocenters. The van der Waals surface area contributed by atoms with Crippen LogP contribution in [-0.4, -0.2) is 30.1 Å². The zero-order chi connectivity index (χ0) is 12.2. The number of aromatic nitrogens is 2. The van der Waals surface area contributed by atoms with E-state index >= 15 is 0 Å². The van der Waals surface area contributed by atoms with Crippen LogP contribution in [-0.2, 0) is 10.2 Å². The maximum absolute atomic E-state index is 11.5. The van der Waals surface area contributed by atoms with Crippen LogP contribution >= 0.6 is 12.2 Å². The van der Waals surface area contributed by atoms with E-state index in [-0.39, 0.29) is 10.8 Å². The number of anilines is 1. The highest BCUT2D eigenvalue weighted by atomic mass is 32.2. The molecular formula is C7H13N5O2S2. The van der Waals surface area contributed by atoms with Gasteiger partial charge in [0.2, 0.25) is 0 Å². The minimum absolute atomic E-state index is 0.0712. The van der Waals surface area contributed by atoms with Gasteiger partial charge in [-0.2, -0.15) is 18.2 Å². The number of nitrogens with one attached hydrogen (secondary N) is 3. The first-order valence-electron chi connectivity index (χ1n) is 4.57. The molecule has 7 nitrogen and oxygen atoms in total. The summed E-state index contributed by atoms with van der Waals surface area (Å²) in [6, 6.07) is 0. The lowest BCUT2D eigenvalue weighted by Gasteiger charge is -2.07. The smallest absolute Gasteiger partial charge is 0.300 e. The molecule has 9 heteroatoms. The van der Waals surface area contributed by atoms with Crippen molar-refractivity contribution in [1.29, 1.82) is 0 Å². The number of nitrogens with zero attached hydrogens (tertiary/aromatic N) is 1. The van der Waals surface area contributed by atoms with Crippen molar-refractivity contribution in [2.75, 3.05) is 11.3 Å². The van der Waals surface area contributed by atoms with Crippen LogP contribution in [0.5, 0.6) is 0 Å². The molecule has 1 aromatic rings. The minimum Gasteiger partial charge on any atom is -0.389 e. The highest BCUT2D eigenvalue weighted by Gasteiger charge is 2.14. The van der Waals surface area contributed by atoms with Gasteiger partial charge in [0.05, 0.1) is 11.8 Å². The van der Waals surface area contributed by atoms with E-state index in [4.69, 9.17) is 18.0 Å². The van der Waals surface area contributed by atoms with E-state index in [1.807, 2.05) is 6.92 Å². The molecular weight excluding hydrogens is 250 g/mol. The second-order valence-corrected chi connectivity index (χ2v) is 4.96. The van der Waals surface area contributed by atoms with Crippen molar-refractivity contribution in [1.82, 2.24) is 14.9 Å². The molecule has 0 amide bonds. The Bertz CT molecular complexity index is 467. The topological polar surface area (TPSA) is 113 Å². The van der Waals surface area contributed by atoms with Gasteiger partial charge in [0.25, 0.3) is 10.2 Å². The second-order valence-electron chi connectivity index (χ2n) is 3.02. The molecule has 0 saturated heterocycles. The predicted octanol–water partition coefficient (Wildman–Crippen LogP) is -0.300. The number of hydrogen-bond acceptors (Lipinski definition) is 4. The summed E-state index contributed by atoms with van der Waals surface area (Å²) >= 11 is 4.74. The first-order chi connectivity index (χ1) is 7.46. The molecule has 1 heterocycles. The fraction of sp³-hybridized carbons (Fsp3) is 0.429. The van der Waals surface area contributed by atoms with Crippen molar-refractivity contribution in [3.05, 3.63) is 11.8 Å². The van der Waals surface area contributed by atoms with Gasteiger partial charge >= 0.3 is 0 Å². The number of rotatable bonds is 6. The lowest BCUT2D eigenvalue weighted by Crippen LogP contribution is -2.31. The van der Waals surface area contributed by atoms with Crippen LogP contribution in [0.2, 0.25) is 0 Å². The van der Waals surface area contributed by atoms with Gasteiger partial charge in [-0.15, -0.1) is 0 Å². The van der Waals surface area contributed by atoms with Gasteiger partial charge in [-0.25, -0.2) is 0 Å². The number of H-pyrrole nitrogens is 1. The predicted molar refractivity (Wildman–Crippen MR) is 65.3 cm³/mol. The van der Waals surface area contributed by atoms with Gasteiger partial charge in [0, 0.05) is 6.54 Å². The molecule has 0 radical (unpaired) electrons. The largest absolute Gasteiger partial charge is 0.389 e. The summed E-state index contributed by atoms with van der Waals surface area (Å²) in [5.41, 5.74) is 5.75. The molecule has 1 aromatic heterocycles. The second kappa shape index (κ2) is 5.23. The summed E-state index contributed by atoms with van der Waals surface area (Å²) in [7, 11) is -3.61. The van der Waals surface area contributed by atoms with Crippen LogP contribution in [0.1, 0.15) is 18.9 Å². The molecule has 1 rings (SSSR count). The standard InChI is InChI=1S/C7H13N5O2S2/c1-2-3-10-16(13,14)12-7-5(6(8)15)4-9-11-7/h4,10H,2-3H2,1H3,(H2,8,15)(H2,9,11,12).